The monoisotopic (exact) mass is 326 g/mol. The number of hydrogen-bond acceptors (Lipinski definition) is 2. The Morgan fingerprint density at radius 2 is 1.72 bits per heavy atom. The number of hydrogen-bond donors (Lipinski definition) is 0. The fourth-order valence-electron chi connectivity index (χ4n) is 3.33. The van der Waals surface area contributed by atoms with Crippen molar-refractivity contribution in [3.8, 4) is 0 Å². The first-order valence-electron chi connectivity index (χ1n) is 8.63. The molecule has 0 radical (unpaired) electrons. The minimum atomic E-state index is 0.985. The average Bonchev–Trinajstić information content (AvgIpc) is 2.66. The second-order valence-electron chi connectivity index (χ2n) is 6.58. The standard InChI is InChI=1S/C23H22N2/c1-24(2)20-12-9-18(10-13-20)15-17-25-16-5-8-22-21-7-4-3-6-19(21)11-14-23(22)25/h3-7,9-17H,8H2,1-2H3/b17-15+. The van der Waals surface area contributed by atoms with Crippen LogP contribution in [-0.2, 0) is 6.42 Å². The molecular formula is C23H22N2. The van der Waals surface area contributed by atoms with Crippen molar-refractivity contribution in [2.45, 2.75) is 6.42 Å². The molecule has 124 valence electrons. The van der Waals surface area contributed by atoms with Crippen molar-refractivity contribution >= 4 is 28.2 Å². The summed E-state index contributed by atoms with van der Waals surface area (Å²) in [5, 5.41) is 2.65. The molecule has 1 aliphatic heterocycles. The van der Waals surface area contributed by atoms with Gasteiger partial charge in [-0.05, 0) is 52.6 Å². The molecule has 0 amide bonds. The van der Waals surface area contributed by atoms with Crippen molar-refractivity contribution in [1.29, 1.82) is 0 Å². The van der Waals surface area contributed by atoms with Gasteiger partial charge in [0.1, 0.15) is 0 Å². The lowest BCUT2D eigenvalue weighted by Crippen LogP contribution is -2.13. The van der Waals surface area contributed by atoms with E-state index in [0.717, 1.165) is 6.42 Å². The molecule has 0 saturated carbocycles. The highest BCUT2D eigenvalue weighted by Crippen LogP contribution is 2.33. The summed E-state index contributed by atoms with van der Waals surface area (Å²) < 4.78 is 0. The zero-order valence-corrected chi connectivity index (χ0v) is 14.7. The summed E-state index contributed by atoms with van der Waals surface area (Å²) >= 11 is 0. The molecule has 0 bridgehead atoms. The second-order valence-corrected chi connectivity index (χ2v) is 6.58. The van der Waals surface area contributed by atoms with Gasteiger partial charge in [-0.1, -0.05) is 48.5 Å². The Balaban J connectivity index is 1.65. The average molecular weight is 326 g/mol. The van der Waals surface area contributed by atoms with E-state index in [1.54, 1.807) is 0 Å². The van der Waals surface area contributed by atoms with Crippen LogP contribution in [0.4, 0.5) is 11.4 Å². The van der Waals surface area contributed by atoms with E-state index in [1.165, 1.54) is 33.3 Å². The van der Waals surface area contributed by atoms with E-state index >= 15 is 0 Å². The van der Waals surface area contributed by atoms with Gasteiger partial charge in [-0.25, -0.2) is 0 Å². The Kier molecular flexibility index (Phi) is 4.02. The highest BCUT2D eigenvalue weighted by Gasteiger charge is 2.13. The number of anilines is 2. The zero-order valence-electron chi connectivity index (χ0n) is 14.7. The first kappa shape index (κ1) is 15.5. The summed E-state index contributed by atoms with van der Waals surface area (Å²) in [6.45, 7) is 0. The highest BCUT2D eigenvalue weighted by atomic mass is 15.1. The van der Waals surface area contributed by atoms with E-state index in [2.05, 4.69) is 109 Å². The van der Waals surface area contributed by atoms with Crippen molar-refractivity contribution in [1.82, 2.24) is 0 Å². The van der Waals surface area contributed by atoms with E-state index in [9.17, 15) is 0 Å². The first-order chi connectivity index (χ1) is 12.2. The van der Waals surface area contributed by atoms with Crippen molar-refractivity contribution < 1.29 is 0 Å². The molecule has 0 spiro atoms. The van der Waals surface area contributed by atoms with E-state index < -0.39 is 0 Å². The van der Waals surface area contributed by atoms with Crippen LogP contribution in [0.1, 0.15) is 11.1 Å². The molecule has 0 aromatic heterocycles. The van der Waals surface area contributed by atoms with Gasteiger partial charge < -0.3 is 9.80 Å². The van der Waals surface area contributed by atoms with Gasteiger partial charge in [0, 0.05) is 37.9 Å². The highest BCUT2D eigenvalue weighted by molar-refractivity contribution is 5.91. The Bertz CT molecular complexity index is 949. The molecule has 0 N–H and O–H groups in total. The summed E-state index contributed by atoms with van der Waals surface area (Å²) in [6.07, 6.45) is 9.68. The molecule has 1 aliphatic rings. The van der Waals surface area contributed by atoms with Gasteiger partial charge >= 0.3 is 0 Å². The Labute approximate surface area is 149 Å². The predicted octanol–water partition coefficient (Wildman–Crippen LogP) is 5.45. The van der Waals surface area contributed by atoms with Crippen molar-refractivity contribution in [2.75, 3.05) is 23.9 Å². The third kappa shape index (κ3) is 3.03. The Morgan fingerprint density at radius 3 is 2.52 bits per heavy atom. The molecule has 2 heteroatoms. The van der Waals surface area contributed by atoms with Crippen LogP contribution in [0.3, 0.4) is 0 Å². The quantitative estimate of drug-likeness (QED) is 0.631. The summed E-state index contributed by atoms with van der Waals surface area (Å²) in [5.74, 6) is 0. The van der Waals surface area contributed by atoms with Gasteiger partial charge in [0.15, 0.2) is 0 Å². The van der Waals surface area contributed by atoms with Crippen LogP contribution in [0.2, 0.25) is 0 Å². The number of nitrogens with zero attached hydrogens (tertiary/aromatic N) is 2. The second kappa shape index (κ2) is 6.48. The van der Waals surface area contributed by atoms with Gasteiger partial charge in [-0.3, -0.25) is 0 Å². The minimum absolute atomic E-state index is 0.985. The number of rotatable bonds is 3. The van der Waals surface area contributed by atoms with Crippen molar-refractivity contribution in [3.63, 3.8) is 0 Å². The molecule has 0 aliphatic carbocycles. The van der Waals surface area contributed by atoms with Gasteiger partial charge in [0.2, 0.25) is 0 Å². The molecule has 0 saturated heterocycles. The summed E-state index contributed by atoms with van der Waals surface area (Å²) in [4.78, 5) is 4.33. The Morgan fingerprint density at radius 1 is 0.920 bits per heavy atom. The van der Waals surface area contributed by atoms with Crippen LogP contribution in [0, 0.1) is 0 Å². The summed E-state index contributed by atoms with van der Waals surface area (Å²) in [6, 6.07) is 21.6. The minimum Gasteiger partial charge on any atom is -0.378 e. The molecule has 3 aromatic rings. The van der Waals surface area contributed by atoms with E-state index in [4.69, 9.17) is 0 Å². The van der Waals surface area contributed by atoms with Crippen molar-refractivity contribution in [3.05, 3.63) is 90.3 Å². The molecule has 0 unspecified atom stereocenters. The number of fused-ring (bicyclic) bond motifs is 3. The Hall–Kier alpha value is -3.00. The predicted molar refractivity (Wildman–Crippen MR) is 109 cm³/mol. The third-order valence-electron chi connectivity index (χ3n) is 4.72. The molecule has 2 nitrogen and oxygen atoms in total. The molecule has 3 aromatic carbocycles. The lowest BCUT2D eigenvalue weighted by molar-refractivity contribution is 1.13. The van der Waals surface area contributed by atoms with Crippen LogP contribution in [-0.4, -0.2) is 14.1 Å². The fourth-order valence-corrected chi connectivity index (χ4v) is 3.33. The lowest BCUT2D eigenvalue weighted by atomic mass is 9.98. The van der Waals surface area contributed by atoms with Crippen LogP contribution in [0.15, 0.2) is 79.1 Å². The smallest absolute Gasteiger partial charge is 0.0490 e. The van der Waals surface area contributed by atoms with E-state index in [1.807, 2.05) is 0 Å². The maximum absolute atomic E-state index is 2.23. The van der Waals surface area contributed by atoms with Crippen LogP contribution >= 0.6 is 0 Å². The molecule has 1 heterocycles. The molecule has 0 fully saturated rings. The normalized spacial score (nSPS) is 13.4. The lowest BCUT2D eigenvalue weighted by Gasteiger charge is -2.24. The molecule has 4 rings (SSSR count). The van der Waals surface area contributed by atoms with Crippen molar-refractivity contribution in [2.24, 2.45) is 0 Å². The summed E-state index contributed by atoms with van der Waals surface area (Å²) in [7, 11) is 4.12. The van der Waals surface area contributed by atoms with Gasteiger partial charge in [-0.15, -0.1) is 0 Å². The molecular weight excluding hydrogens is 304 g/mol. The SMILES string of the molecule is CN(C)c1ccc(/C=C/N2C=CCc3c2ccc2ccccc32)cc1. The topological polar surface area (TPSA) is 6.48 Å². The van der Waals surface area contributed by atoms with Gasteiger partial charge in [-0.2, -0.15) is 0 Å². The molecule has 25 heavy (non-hydrogen) atoms. The van der Waals surface area contributed by atoms with Gasteiger partial charge in [0.25, 0.3) is 0 Å². The molecule has 0 atom stereocenters. The zero-order chi connectivity index (χ0) is 17.2. The number of allylic oxidation sites excluding steroid dienone is 1. The van der Waals surface area contributed by atoms with Crippen LogP contribution in [0.25, 0.3) is 16.8 Å². The number of benzene rings is 3. The maximum atomic E-state index is 2.23. The first-order valence-corrected chi connectivity index (χ1v) is 8.63. The van der Waals surface area contributed by atoms with E-state index in [-0.39, 0.29) is 0 Å². The maximum Gasteiger partial charge on any atom is 0.0490 e. The van der Waals surface area contributed by atoms with Gasteiger partial charge in [0.05, 0.1) is 0 Å². The van der Waals surface area contributed by atoms with Crippen LogP contribution < -0.4 is 9.80 Å². The van der Waals surface area contributed by atoms with E-state index in [0.29, 0.717) is 0 Å². The van der Waals surface area contributed by atoms with Crippen LogP contribution in [0.5, 0.6) is 0 Å². The largest absolute Gasteiger partial charge is 0.378 e. The third-order valence-corrected chi connectivity index (χ3v) is 4.72. The summed E-state index contributed by atoms with van der Waals surface area (Å²) in [5.41, 5.74) is 5.08. The fraction of sp³-hybridized carbons (Fsp3) is 0.130.